The molecule has 0 unspecified atom stereocenters. The van der Waals surface area contributed by atoms with Crippen LogP contribution < -0.4 is 0 Å². The number of halogens is 1. The van der Waals surface area contributed by atoms with E-state index in [1.165, 1.54) is 0 Å². The van der Waals surface area contributed by atoms with Crippen molar-refractivity contribution in [3.63, 3.8) is 0 Å². The molecule has 0 bridgehead atoms. The molecule has 0 spiro atoms. The van der Waals surface area contributed by atoms with Crippen molar-refractivity contribution < 1.29 is 4.42 Å². The molecule has 0 aliphatic carbocycles. The summed E-state index contributed by atoms with van der Waals surface area (Å²) < 4.78 is 5.25. The minimum atomic E-state index is 0.429. The lowest BCUT2D eigenvalue weighted by molar-refractivity contribution is 0.583. The van der Waals surface area contributed by atoms with Gasteiger partial charge in [-0.25, -0.2) is 0 Å². The first kappa shape index (κ1) is 8.01. The van der Waals surface area contributed by atoms with Crippen LogP contribution in [0.2, 0.25) is 0 Å². The fourth-order valence-corrected chi connectivity index (χ4v) is 1.80. The van der Waals surface area contributed by atoms with Crippen molar-refractivity contribution in [2.45, 2.75) is 5.33 Å². The molecule has 0 aliphatic rings. The number of benzene rings is 1. The fourth-order valence-electron chi connectivity index (χ4n) is 1.14. The van der Waals surface area contributed by atoms with Gasteiger partial charge in [-0.05, 0) is 23.8 Å². The number of para-hydroxylation sites is 1. The van der Waals surface area contributed by atoms with Gasteiger partial charge in [0.2, 0.25) is 0 Å². The molecule has 0 saturated carbocycles. The number of aromatic amines is 1. The highest BCUT2D eigenvalue weighted by atomic mass is 79.9. The topological polar surface area (TPSA) is 28.9 Å². The van der Waals surface area contributed by atoms with Crippen LogP contribution in [-0.2, 0) is 5.33 Å². The Labute approximate surface area is 82.7 Å². The second kappa shape index (κ2) is 3.03. The summed E-state index contributed by atoms with van der Waals surface area (Å²) in [6.45, 7) is 0. The largest absolute Gasteiger partial charge is 0.429 e. The molecule has 62 valence electrons. The number of oxazole rings is 1. The summed E-state index contributed by atoms with van der Waals surface area (Å²) in [5, 5.41) is 0.801. The van der Waals surface area contributed by atoms with E-state index in [9.17, 15) is 0 Å². The number of aromatic nitrogens is 1. The number of hydrogen-bond donors (Lipinski definition) is 1. The van der Waals surface area contributed by atoms with Gasteiger partial charge in [0.25, 0.3) is 4.84 Å². The Kier molecular flexibility index (Phi) is 2.02. The minimum Gasteiger partial charge on any atom is -0.429 e. The molecule has 1 aromatic carbocycles. The zero-order chi connectivity index (χ0) is 8.55. The maximum Gasteiger partial charge on any atom is 0.266 e. The first-order valence-corrected chi connectivity index (χ1v) is 5.01. The molecule has 1 aromatic heterocycles. The summed E-state index contributed by atoms with van der Waals surface area (Å²) in [5.74, 6) is 0. The van der Waals surface area contributed by atoms with Crippen LogP contribution in [0, 0.1) is 4.84 Å². The number of H-pyrrole nitrogens is 1. The van der Waals surface area contributed by atoms with Crippen molar-refractivity contribution >= 4 is 39.2 Å². The van der Waals surface area contributed by atoms with Crippen molar-refractivity contribution in [1.29, 1.82) is 0 Å². The van der Waals surface area contributed by atoms with E-state index < -0.39 is 0 Å². The Balaban J connectivity index is 2.87. The Morgan fingerprint density at radius 2 is 2.33 bits per heavy atom. The van der Waals surface area contributed by atoms with E-state index in [2.05, 4.69) is 20.9 Å². The van der Waals surface area contributed by atoms with Gasteiger partial charge >= 0.3 is 0 Å². The number of fused-ring (bicyclic) bond motifs is 1. The maximum absolute atomic E-state index is 5.25. The van der Waals surface area contributed by atoms with Gasteiger partial charge in [-0.3, -0.25) is 0 Å². The molecule has 12 heavy (non-hydrogen) atoms. The summed E-state index contributed by atoms with van der Waals surface area (Å²) >= 11 is 8.28. The van der Waals surface area contributed by atoms with Crippen molar-refractivity contribution in [2.75, 3.05) is 0 Å². The molecule has 4 heteroatoms. The number of nitrogens with one attached hydrogen (secondary N) is 1. The first-order chi connectivity index (χ1) is 5.81. The molecular formula is C8H6BrNOS. The van der Waals surface area contributed by atoms with Gasteiger partial charge in [0.15, 0.2) is 5.58 Å². The molecule has 0 fully saturated rings. The summed E-state index contributed by atoms with van der Waals surface area (Å²) in [6.07, 6.45) is 0. The second-order valence-electron chi connectivity index (χ2n) is 2.44. The van der Waals surface area contributed by atoms with Crippen LogP contribution in [0.1, 0.15) is 5.56 Å². The third-order valence-electron chi connectivity index (χ3n) is 1.69. The predicted octanol–water partition coefficient (Wildman–Crippen LogP) is 3.39. The van der Waals surface area contributed by atoms with Crippen molar-refractivity contribution in [3.8, 4) is 0 Å². The van der Waals surface area contributed by atoms with Crippen LogP contribution in [0.3, 0.4) is 0 Å². The predicted molar refractivity (Wildman–Crippen MR) is 54.0 cm³/mol. The summed E-state index contributed by atoms with van der Waals surface area (Å²) in [4.78, 5) is 3.43. The van der Waals surface area contributed by atoms with Crippen LogP contribution in [0.15, 0.2) is 22.6 Å². The molecule has 1 N–H and O–H groups in total. The van der Waals surface area contributed by atoms with Crippen molar-refractivity contribution in [2.24, 2.45) is 0 Å². The van der Waals surface area contributed by atoms with Crippen LogP contribution in [0.25, 0.3) is 11.1 Å². The molecule has 2 aromatic rings. The number of alkyl halides is 1. The van der Waals surface area contributed by atoms with E-state index in [-0.39, 0.29) is 0 Å². The average molecular weight is 244 g/mol. The quantitative estimate of drug-likeness (QED) is 0.615. The third-order valence-corrected chi connectivity index (χ3v) is 2.48. The Hall–Kier alpha value is -0.610. The molecule has 0 saturated heterocycles. The lowest BCUT2D eigenvalue weighted by atomic mass is 10.2. The van der Waals surface area contributed by atoms with Crippen LogP contribution in [-0.4, -0.2) is 4.98 Å². The summed E-state index contributed by atoms with van der Waals surface area (Å²) in [5.41, 5.74) is 2.96. The van der Waals surface area contributed by atoms with Gasteiger partial charge in [0.1, 0.15) is 0 Å². The molecular weight excluding hydrogens is 238 g/mol. The molecule has 0 amide bonds. The number of hydrogen-bond acceptors (Lipinski definition) is 2. The Morgan fingerprint density at radius 3 is 3.08 bits per heavy atom. The lowest BCUT2D eigenvalue weighted by Crippen LogP contribution is -1.78. The van der Waals surface area contributed by atoms with Gasteiger partial charge < -0.3 is 9.40 Å². The second-order valence-corrected chi connectivity index (χ2v) is 3.37. The van der Waals surface area contributed by atoms with Crippen molar-refractivity contribution in [3.05, 3.63) is 28.6 Å². The number of rotatable bonds is 1. The van der Waals surface area contributed by atoms with Crippen LogP contribution in [0.5, 0.6) is 0 Å². The fraction of sp³-hybridized carbons (Fsp3) is 0.125. The zero-order valence-electron chi connectivity index (χ0n) is 6.13. The highest BCUT2D eigenvalue weighted by Gasteiger charge is 2.02. The van der Waals surface area contributed by atoms with E-state index in [0.29, 0.717) is 4.84 Å². The Bertz CT molecular complexity index is 459. The Morgan fingerprint density at radius 1 is 1.50 bits per heavy atom. The monoisotopic (exact) mass is 243 g/mol. The molecule has 0 aliphatic heterocycles. The van der Waals surface area contributed by atoms with E-state index in [0.717, 1.165) is 22.0 Å². The van der Waals surface area contributed by atoms with Gasteiger partial charge in [0.05, 0.1) is 5.52 Å². The van der Waals surface area contributed by atoms with E-state index in [1.54, 1.807) is 0 Å². The molecule has 2 rings (SSSR count). The SMILES string of the molecule is S=c1[nH]c2c(CBr)cccc2o1. The summed E-state index contributed by atoms with van der Waals surface area (Å²) in [6, 6.07) is 5.87. The minimum absolute atomic E-state index is 0.429. The molecule has 0 radical (unpaired) electrons. The van der Waals surface area contributed by atoms with Gasteiger partial charge in [-0.2, -0.15) is 0 Å². The zero-order valence-corrected chi connectivity index (χ0v) is 8.54. The van der Waals surface area contributed by atoms with E-state index in [4.69, 9.17) is 16.6 Å². The first-order valence-electron chi connectivity index (χ1n) is 3.48. The van der Waals surface area contributed by atoms with Gasteiger partial charge in [-0.15, -0.1) is 0 Å². The smallest absolute Gasteiger partial charge is 0.266 e. The molecule has 2 nitrogen and oxygen atoms in total. The van der Waals surface area contributed by atoms with Crippen LogP contribution in [0.4, 0.5) is 0 Å². The average Bonchev–Trinajstić information content (AvgIpc) is 2.44. The normalized spacial score (nSPS) is 10.8. The summed E-state index contributed by atoms with van der Waals surface area (Å²) in [7, 11) is 0. The molecule has 0 atom stereocenters. The molecule has 1 heterocycles. The standard InChI is InChI=1S/C8H6BrNOS/c9-4-5-2-1-3-6-7(5)10-8(12)11-6/h1-3H,4H2,(H,10,12). The maximum atomic E-state index is 5.25. The third kappa shape index (κ3) is 1.21. The highest BCUT2D eigenvalue weighted by molar-refractivity contribution is 9.08. The van der Waals surface area contributed by atoms with E-state index >= 15 is 0 Å². The van der Waals surface area contributed by atoms with E-state index in [1.807, 2.05) is 18.2 Å². The highest BCUT2D eigenvalue weighted by Crippen LogP contribution is 2.19. The van der Waals surface area contributed by atoms with Crippen LogP contribution >= 0.6 is 28.1 Å². The van der Waals surface area contributed by atoms with Gasteiger partial charge in [0, 0.05) is 5.33 Å². The van der Waals surface area contributed by atoms with Crippen molar-refractivity contribution in [1.82, 2.24) is 4.98 Å². The lowest BCUT2D eigenvalue weighted by Gasteiger charge is -1.93. The van der Waals surface area contributed by atoms with Gasteiger partial charge in [-0.1, -0.05) is 28.1 Å².